The van der Waals surface area contributed by atoms with Gasteiger partial charge in [0.25, 0.3) is 11.1 Å². The van der Waals surface area contributed by atoms with Gasteiger partial charge < -0.3 is 10.1 Å². The van der Waals surface area contributed by atoms with E-state index in [1.54, 1.807) is 18.2 Å². The monoisotopic (exact) mass is 536 g/mol. The molecule has 0 aromatic heterocycles. The Bertz CT molecular complexity index is 989. The zero-order valence-corrected chi connectivity index (χ0v) is 19.5. The molecule has 0 bridgehead atoms. The van der Waals surface area contributed by atoms with E-state index >= 15 is 0 Å². The molecule has 6 nitrogen and oxygen atoms in total. The highest BCUT2D eigenvalue weighted by molar-refractivity contribution is 14.1. The first-order valence-electron chi connectivity index (χ1n) is 9.36. The van der Waals surface area contributed by atoms with E-state index in [0.29, 0.717) is 29.5 Å². The van der Waals surface area contributed by atoms with Crippen molar-refractivity contribution < 1.29 is 19.1 Å². The van der Waals surface area contributed by atoms with Gasteiger partial charge in [0.05, 0.1) is 11.5 Å². The van der Waals surface area contributed by atoms with Gasteiger partial charge in [0.1, 0.15) is 12.3 Å². The van der Waals surface area contributed by atoms with Crippen molar-refractivity contribution in [1.29, 1.82) is 0 Å². The molecule has 1 heterocycles. The molecule has 1 aliphatic rings. The lowest BCUT2D eigenvalue weighted by molar-refractivity contribution is -0.127. The van der Waals surface area contributed by atoms with Gasteiger partial charge in [-0.2, -0.15) is 0 Å². The number of hydrogen-bond acceptors (Lipinski definition) is 5. The molecule has 0 saturated carbocycles. The number of amides is 3. The van der Waals surface area contributed by atoms with E-state index in [9.17, 15) is 14.4 Å². The summed E-state index contributed by atoms with van der Waals surface area (Å²) in [5.41, 5.74) is 1.33. The average molecular weight is 536 g/mol. The van der Waals surface area contributed by atoms with Gasteiger partial charge >= 0.3 is 0 Å². The minimum absolute atomic E-state index is 0.266. The van der Waals surface area contributed by atoms with E-state index in [1.165, 1.54) is 0 Å². The lowest BCUT2D eigenvalue weighted by Crippen LogP contribution is -2.36. The lowest BCUT2D eigenvalue weighted by Gasteiger charge is -2.13. The Labute approximate surface area is 193 Å². The maximum atomic E-state index is 12.7. The van der Waals surface area contributed by atoms with E-state index in [-0.39, 0.29) is 11.4 Å². The van der Waals surface area contributed by atoms with Crippen molar-refractivity contribution in [2.75, 3.05) is 18.5 Å². The van der Waals surface area contributed by atoms with Gasteiger partial charge in [-0.25, -0.2) is 0 Å². The normalized spacial score (nSPS) is 15.2. The van der Waals surface area contributed by atoms with Crippen LogP contribution in [0.1, 0.15) is 19.4 Å². The number of anilines is 1. The Morgan fingerprint density at radius 2 is 1.87 bits per heavy atom. The summed E-state index contributed by atoms with van der Waals surface area (Å²) in [5, 5.41) is 2.23. The van der Waals surface area contributed by atoms with Crippen LogP contribution < -0.4 is 10.1 Å². The number of halogens is 1. The molecule has 1 fully saturated rings. The molecule has 8 heteroatoms. The summed E-state index contributed by atoms with van der Waals surface area (Å²) in [6, 6.07) is 14.6. The zero-order chi connectivity index (χ0) is 21.7. The molecule has 1 aliphatic heterocycles. The van der Waals surface area contributed by atoms with Crippen molar-refractivity contribution in [3.8, 4) is 5.75 Å². The summed E-state index contributed by atoms with van der Waals surface area (Å²) in [5.74, 6) is 0.0909. The van der Waals surface area contributed by atoms with E-state index in [4.69, 9.17) is 4.74 Å². The third kappa shape index (κ3) is 5.85. The number of ether oxygens (including phenoxy) is 1. The molecular weight excluding hydrogens is 515 g/mol. The summed E-state index contributed by atoms with van der Waals surface area (Å²) in [7, 11) is 0. The first-order chi connectivity index (χ1) is 14.3. The van der Waals surface area contributed by atoms with Crippen LogP contribution in [-0.4, -0.2) is 35.1 Å². The number of nitrogens with one attached hydrogen (secondary N) is 1. The Balaban J connectivity index is 1.70. The van der Waals surface area contributed by atoms with Gasteiger partial charge in [-0.05, 0) is 76.7 Å². The number of hydrogen-bond donors (Lipinski definition) is 1. The van der Waals surface area contributed by atoms with Crippen molar-refractivity contribution in [3.05, 3.63) is 62.6 Å². The van der Waals surface area contributed by atoms with Gasteiger partial charge in [-0.1, -0.05) is 32.0 Å². The fourth-order valence-electron chi connectivity index (χ4n) is 2.64. The number of para-hydroxylation sites is 1. The van der Waals surface area contributed by atoms with Crippen molar-refractivity contribution in [2.24, 2.45) is 5.92 Å². The summed E-state index contributed by atoms with van der Waals surface area (Å²) >= 11 is 2.99. The first kappa shape index (κ1) is 22.4. The second-order valence-electron chi connectivity index (χ2n) is 7.07. The van der Waals surface area contributed by atoms with Crippen molar-refractivity contribution in [2.45, 2.75) is 13.8 Å². The quantitative estimate of drug-likeness (QED) is 0.398. The first-order valence-corrected chi connectivity index (χ1v) is 11.3. The van der Waals surface area contributed by atoms with Gasteiger partial charge in [0.15, 0.2) is 0 Å². The SMILES string of the molecule is CC(C)COc1ccccc1/C=C1/SC(=O)N(CC(=O)Nc2ccc(I)cc2)C1=O. The van der Waals surface area contributed by atoms with Crippen molar-refractivity contribution in [3.63, 3.8) is 0 Å². The molecule has 1 N–H and O–H groups in total. The Morgan fingerprint density at radius 1 is 1.17 bits per heavy atom. The van der Waals surface area contributed by atoms with Gasteiger partial charge in [0.2, 0.25) is 5.91 Å². The van der Waals surface area contributed by atoms with Crippen molar-refractivity contribution in [1.82, 2.24) is 4.90 Å². The molecule has 0 unspecified atom stereocenters. The maximum absolute atomic E-state index is 12.7. The predicted octanol–water partition coefficient (Wildman–Crippen LogP) is 5.00. The topological polar surface area (TPSA) is 75.7 Å². The summed E-state index contributed by atoms with van der Waals surface area (Å²) in [6.45, 7) is 4.31. The number of nitrogens with zero attached hydrogens (tertiary/aromatic N) is 1. The Kier molecular flexibility index (Phi) is 7.54. The molecule has 0 radical (unpaired) electrons. The van der Waals surface area contributed by atoms with Gasteiger partial charge in [-0.15, -0.1) is 0 Å². The zero-order valence-electron chi connectivity index (χ0n) is 16.6. The number of thioether (sulfide) groups is 1. The van der Waals surface area contributed by atoms with E-state index < -0.39 is 17.1 Å². The van der Waals surface area contributed by atoms with Crippen LogP contribution in [0, 0.1) is 9.49 Å². The summed E-state index contributed by atoms with van der Waals surface area (Å²) in [4.78, 5) is 38.6. The fourth-order valence-corrected chi connectivity index (χ4v) is 3.83. The fraction of sp³-hybridized carbons (Fsp3) is 0.227. The van der Waals surface area contributed by atoms with Crippen LogP contribution in [0.15, 0.2) is 53.4 Å². The molecule has 2 aromatic rings. The molecule has 0 spiro atoms. The van der Waals surface area contributed by atoms with E-state index in [0.717, 1.165) is 20.2 Å². The third-order valence-electron chi connectivity index (χ3n) is 4.08. The average Bonchev–Trinajstić information content (AvgIpc) is 2.96. The molecule has 156 valence electrons. The van der Waals surface area contributed by atoms with E-state index in [2.05, 4.69) is 41.8 Å². The highest BCUT2D eigenvalue weighted by atomic mass is 127. The molecule has 0 atom stereocenters. The molecule has 1 saturated heterocycles. The van der Waals surface area contributed by atoms with Crippen LogP contribution in [0.5, 0.6) is 5.75 Å². The Hall–Kier alpha value is -2.33. The number of carbonyl (C=O) groups excluding carboxylic acids is 3. The summed E-state index contributed by atoms with van der Waals surface area (Å²) in [6.07, 6.45) is 1.64. The number of imide groups is 1. The second kappa shape index (κ2) is 10.1. The highest BCUT2D eigenvalue weighted by Crippen LogP contribution is 2.34. The third-order valence-corrected chi connectivity index (χ3v) is 5.71. The number of benzene rings is 2. The van der Waals surface area contributed by atoms with E-state index in [1.807, 2.05) is 36.4 Å². The minimum Gasteiger partial charge on any atom is -0.493 e. The smallest absolute Gasteiger partial charge is 0.294 e. The van der Waals surface area contributed by atoms with Crippen LogP contribution in [-0.2, 0) is 9.59 Å². The minimum atomic E-state index is -0.485. The van der Waals surface area contributed by atoms with Crippen LogP contribution in [0.25, 0.3) is 6.08 Å². The van der Waals surface area contributed by atoms with Crippen molar-refractivity contribution >= 4 is 63.2 Å². The molecule has 0 aliphatic carbocycles. The predicted molar refractivity (Wildman–Crippen MR) is 127 cm³/mol. The summed E-state index contributed by atoms with van der Waals surface area (Å²) < 4.78 is 6.85. The molecule has 2 aromatic carbocycles. The van der Waals surface area contributed by atoms with Gasteiger partial charge in [0, 0.05) is 14.8 Å². The Morgan fingerprint density at radius 3 is 2.57 bits per heavy atom. The van der Waals surface area contributed by atoms with Gasteiger partial charge in [-0.3, -0.25) is 19.3 Å². The van der Waals surface area contributed by atoms with Crippen LogP contribution in [0.2, 0.25) is 0 Å². The number of rotatable bonds is 7. The molecule has 3 rings (SSSR count). The second-order valence-corrected chi connectivity index (χ2v) is 9.30. The molecule has 3 amide bonds. The highest BCUT2D eigenvalue weighted by Gasteiger charge is 2.36. The lowest BCUT2D eigenvalue weighted by atomic mass is 10.1. The molecular formula is C22H21IN2O4S. The van der Waals surface area contributed by atoms with Crippen LogP contribution in [0.3, 0.4) is 0 Å². The largest absolute Gasteiger partial charge is 0.493 e. The maximum Gasteiger partial charge on any atom is 0.294 e. The standard InChI is InChI=1S/C22H21IN2O4S/c1-14(2)13-29-18-6-4-3-5-15(18)11-19-21(27)25(22(28)30-19)12-20(26)24-17-9-7-16(23)8-10-17/h3-11,14H,12-13H2,1-2H3,(H,24,26)/b19-11+. The molecule has 30 heavy (non-hydrogen) atoms. The van der Waals surface area contributed by atoms with Crippen LogP contribution >= 0.6 is 34.4 Å². The van der Waals surface area contributed by atoms with Crippen LogP contribution in [0.4, 0.5) is 10.5 Å². The number of carbonyl (C=O) groups is 3.